The van der Waals surface area contributed by atoms with E-state index in [1.165, 1.54) is 4.88 Å². The summed E-state index contributed by atoms with van der Waals surface area (Å²) in [6.07, 6.45) is 5.85. The molecule has 0 bridgehead atoms. The van der Waals surface area contributed by atoms with Crippen LogP contribution < -0.4 is 16.0 Å². The Morgan fingerprint density at radius 3 is 2.64 bits per heavy atom. The van der Waals surface area contributed by atoms with E-state index in [9.17, 15) is 4.79 Å². The van der Waals surface area contributed by atoms with Crippen molar-refractivity contribution in [1.82, 2.24) is 20.6 Å². The third-order valence-corrected chi connectivity index (χ3v) is 4.91. The first kappa shape index (κ1) is 24.3. The molecule has 0 unspecified atom stereocenters. The Balaban J connectivity index is 0.00000392. The quantitative estimate of drug-likeness (QED) is 0.271. The van der Waals surface area contributed by atoms with Crippen LogP contribution in [0.4, 0.5) is 5.82 Å². The van der Waals surface area contributed by atoms with Crippen LogP contribution in [-0.2, 0) is 17.6 Å². The van der Waals surface area contributed by atoms with E-state index in [0.29, 0.717) is 31.3 Å². The molecular formula is C19H29IN6OS. The minimum absolute atomic E-state index is 0. The van der Waals surface area contributed by atoms with E-state index < -0.39 is 0 Å². The number of thiazole rings is 1. The van der Waals surface area contributed by atoms with Gasteiger partial charge in [0, 0.05) is 49.7 Å². The van der Waals surface area contributed by atoms with Gasteiger partial charge in [0.25, 0.3) is 0 Å². The molecule has 0 saturated heterocycles. The Hall–Kier alpha value is -1.75. The van der Waals surface area contributed by atoms with E-state index in [1.807, 2.05) is 26.1 Å². The van der Waals surface area contributed by atoms with Gasteiger partial charge in [-0.1, -0.05) is 13.0 Å². The molecule has 2 aromatic heterocycles. The summed E-state index contributed by atoms with van der Waals surface area (Å²) < 4.78 is 0. The summed E-state index contributed by atoms with van der Waals surface area (Å²) in [7, 11) is 0. The lowest BCUT2D eigenvalue weighted by Gasteiger charge is -2.11. The number of pyridine rings is 1. The first-order valence-corrected chi connectivity index (χ1v) is 10.1. The van der Waals surface area contributed by atoms with Crippen molar-refractivity contribution in [1.29, 1.82) is 0 Å². The van der Waals surface area contributed by atoms with E-state index >= 15 is 0 Å². The number of hydrogen-bond donors (Lipinski definition) is 3. The van der Waals surface area contributed by atoms with Crippen LogP contribution in [0, 0.1) is 6.92 Å². The van der Waals surface area contributed by atoms with Crippen LogP contribution in [0.15, 0.2) is 29.5 Å². The van der Waals surface area contributed by atoms with Crippen LogP contribution in [-0.4, -0.2) is 41.5 Å². The Labute approximate surface area is 187 Å². The largest absolute Gasteiger partial charge is 0.357 e. The smallest absolute Gasteiger partial charge is 0.227 e. The lowest BCUT2D eigenvalue weighted by atomic mass is 10.3. The second kappa shape index (κ2) is 13.4. The molecule has 1 amide bonds. The third-order valence-electron chi connectivity index (χ3n) is 3.71. The maximum atomic E-state index is 12.0. The lowest BCUT2D eigenvalue weighted by Crippen LogP contribution is -2.38. The van der Waals surface area contributed by atoms with Crippen molar-refractivity contribution in [2.24, 2.45) is 4.99 Å². The second-order valence-corrected chi connectivity index (χ2v) is 7.23. The Bertz CT molecular complexity index is 747. The second-order valence-electron chi connectivity index (χ2n) is 6.03. The molecule has 0 aliphatic carbocycles. The first-order chi connectivity index (χ1) is 13.1. The van der Waals surface area contributed by atoms with Crippen LogP contribution in [0.2, 0.25) is 0 Å². The minimum atomic E-state index is -0.0791. The van der Waals surface area contributed by atoms with Gasteiger partial charge in [0.05, 0.1) is 5.01 Å². The number of halogens is 1. The fourth-order valence-corrected chi connectivity index (χ4v) is 3.12. The molecule has 7 nitrogen and oxygen atoms in total. The van der Waals surface area contributed by atoms with Crippen molar-refractivity contribution < 1.29 is 4.79 Å². The summed E-state index contributed by atoms with van der Waals surface area (Å²) in [5.74, 6) is 1.21. The van der Waals surface area contributed by atoms with Crippen LogP contribution in [0.5, 0.6) is 0 Å². The highest BCUT2D eigenvalue weighted by Gasteiger charge is 2.05. The Morgan fingerprint density at radius 2 is 2.00 bits per heavy atom. The highest BCUT2D eigenvalue weighted by atomic mass is 127. The highest BCUT2D eigenvalue weighted by Crippen LogP contribution is 2.13. The number of nitrogens with one attached hydrogen (secondary N) is 3. The minimum Gasteiger partial charge on any atom is -0.357 e. The molecule has 0 saturated carbocycles. The molecule has 2 rings (SSSR count). The Kier molecular flexibility index (Phi) is 11.7. The number of hydrogen-bond acceptors (Lipinski definition) is 5. The number of aliphatic imine (C=N–C) groups is 1. The van der Waals surface area contributed by atoms with Gasteiger partial charge in [-0.3, -0.25) is 9.79 Å². The SMILES string of the molecule is CCNC(=NCCc1ncc(CC)s1)NCCC(=O)Nc1ccc(C)cn1.I. The van der Waals surface area contributed by atoms with Crippen LogP contribution in [0.1, 0.15) is 35.7 Å². The van der Waals surface area contributed by atoms with Crippen molar-refractivity contribution in [2.75, 3.05) is 25.0 Å². The molecule has 0 aliphatic rings. The maximum Gasteiger partial charge on any atom is 0.227 e. The van der Waals surface area contributed by atoms with Gasteiger partial charge in [-0.15, -0.1) is 35.3 Å². The van der Waals surface area contributed by atoms with Gasteiger partial charge in [0.2, 0.25) is 5.91 Å². The average molecular weight is 516 g/mol. The topological polar surface area (TPSA) is 91.3 Å². The van der Waals surface area contributed by atoms with Crippen molar-refractivity contribution in [3.05, 3.63) is 40.0 Å². The molecule has 154 valence electrons. The monoisotopic (exact) mass is 516 g/mol. The van der Waals surface area contributed by atoms with Crippen molar-refractivity contribution in [2.45, 2.75) is 40.0 Å². The molecule has 28 heavy (non-hydrogen) atoms. The van der Waals surface area contributed by atoms with E-state index in [0.717, 1.165) is 30.0 Å². The number of rotatable bonds is 9. The van der Waals surface area contributed by atoms with Gasteiger partial charge >= 0.3 is 0 Å². The van der Waals surface area contributed by atoms with Crippen molar-refractivity contribution >= 4 is 53.0 Å². The van der Waals surface area contributed by atoms with Crippen molar-refractivity contribution in [3.8, 4) is 0 Å². The summed E-state index contributed by atoms with van der Waals surface area (Å²) in [5.41, 5.74) is 1.06. The summed E-state index contributed by atoms with van der Waals surface area (Å²) in [6.45, 7) is 8.03. The van der Waals surface area contributed by atoms with Gasteiger partial charge < -0.3 is 16.0 Å². The summed E-state index contributed by atoms with van der Waals surface area (Å²) in [6, 6.07) is 3.72. The number of carbonyl (C=O) groups excluding carboxylic acids is 1. The fraction of sp³-hybridized carbons (Fsp3) is 0.474. The van der Waals surface area contributed by atoms with Gasteiger partial charge in [0.1, 0.15) is 5.82 Å². The number of amides is 1. The standard InChI is InChI=1S/C19H28N6OS.HI/c1-4-15-13-24-18(27-15)9-11-22-19(20-5-2)21-10-8-17(26)25-16-7-6-14(3)12-23-16;/h6-7,12-13H,4-5,8-11H2,1-3H3,(H2,20,21,22)(H,23,25,26);1H. The molecular weight excluding hydrogens is 487 g/mol. The zero-order valence-electron chi connectivity index (χ0n) is 16.6. The molecule has 0 radical (unpaired) electrons. The molecule has 2 heterocycles. The zero-order valence-corrected chi connectivity index (χ0v) is 19.8. The summed E-state index contributed by atoms with van der Waals surface area (Å²) >= 11 is 1.74. The number of aromatic nitrogens is 2. The fourth-order valence-electron chi connectivity index (χ4n) is 2.27. The lowest BCUT2D eigenvalue weighted by molar-refractivity contribution is -0.116. The number of carbonyl (C=O) groups is 1. The first-order valence-electron chi connectivity index (χ1n) is 9.29. The van der Waals surface area contributed by atoms with E-state index in [1.54, 1.807) is 23.6 Å². The molecule has 0 spiro atoms. The van der Waals surface area contributed by atoms with Crippen LogP contribution in [0.25, 0.3) is 0 Å². The number of guanidine groups is 1. The Morgan fingerprint density at radius 1 is 1.18 bits per heavy atom. The normalized spacial score (nSPS) is 10.9. The van der Waals surface area contributed by atoms with Gasteiger partial charge in [-0.25, -0.2) is 9.97 Å². The van der Waals surface area contributed by atoms with E-state index in [4.69, 9.17) is 0 Å². The summed E-state index contributed by atoms with van der Waals surface area (Å²) in [4.78, 5) is 26.4. The summed E-state index contributed by atoms with van der Waals surface area (Å²) in [5, 5.41) is 10.3. The van der Waals surface area contributed by atoms with E-state index in [2.05, 4.69) is 37.8 Å². The molecule has 3 N–H and O–H groups in total. The highest BCUT2D eigenvalue weighted by molar-refractivity contribution is 14.0. The van der Waals surface area contributed by atoms with Crippen LogP contribution in [0.3, 0.4) is 0 Å². The molecule has 0 aromatic carbocycles. The predicted octanol–water partition coefficient (Wildman–Crippen LogP) is 3.15. The van der Waals surface area contributed by atoms with Gasteiger partial charge in [0.15, 0.2) is 5.96 Å². The average Bonchev–Trinajstić information content (AvgIpc) is 3.11. The molecule has 0 fully saturated rings. The third kappa shape index (κ3) is 8.96. The number of nitrogens with zero attached hydrogens (tertiary/aromatic N) is 3. The van der Waals surface area contributed by atoms with Crippen LogP contribution >= 0.6 is 35.3 Å². The maximum absolute atomic E-state index is 12.0. The van der Waals surface area contributed by atoms with Gasteiger partial charge in [-0.2, -0.15) is 0 Å². The van der Waals surface area contributed by atoms with E-state index in [-0.39, 0.29) is 29.9 Å². The molecule has 9 heteroatoms. The molecule has 0 aliphatic heterocycles. The predicted molar refractivity (Wildman–Crippen MR) is 127 cm³/mol. The molecule has 0 atom stereocenters. The van der Waals surface area contributed by atoms with Crippen molar-refractivity contribution in [3.63, 3.8) is 0 Å². The van der Waals surface area contributed by atoms with Gasteiger partial charge in [-0.05, 0) is 31.9 Å². The molecule has 2 aromatic rings. The zero-order chi connectivity index (χ0) is 19.5. The number of aryl methyl sites for hydroxylation is 2. The number of anilines is 1.